The summed E-state index contributed by atoms with van der Waals surface area (Å²) < 4.78 is 5.89. The zero-order valence-corrected chi connectivity index (χ0v) is 16.1. The van der Waals surface area contributed by atoms with Crippen LogP contribution >= 0.6 is 0 Å². The number of nitrogens with zero attached hydrogens (tertiary/aromatic N) is 1. The van der Waals surface area contributed by atoms with Crippen LogP contribution in [0.1, 0.15) is 42.1 Å². The maximum atomic E-state index is 13.0. The van der Waals surface area contributed by atoms with E-state index in [1.54, 1.807) is 0 Å². The summed E-state index contributed by atoms with van der Waals surface area (Å²) in [5.41, 5.74) is 5.28. The Labute approximate surface area is 165 Å². The van der Waals surface area contributed by atoms with Gasteiger partial charge in [0.05, 0.1) is 11.3 Å². The van der Waals surface area contributed by atoms with Gasteiger partial charge in [0.25, 0.3) is 0 Å². The van der Waals surface area contributed by atoms with Crippen LogP contribution in [0.15, 0.2) is 69.9 Å². The Morgan fingerprint density at radius 2 is 1.57 bits per heavy atom. The molecule has 1 atom stereocenters. The number of rotatable bonds is 3. The summed E-state index contributed by atoms with van der Waals surface area (Å²) in [4.78, 5) is 15.4. The number of hydrogen-bond acceptors (Lipinski definition) is 3. The van der Waals surface area contributed by atoms with E-state index in [1.807, 2.05) is 30.3 Å². The van der Waals surface area contributed by atoms with Gasteiger partial charge in [0.1, 0.15) is 5.76 Å². The molecule has 3 heteroatoms. The molecule has 2 aromatic carbocycles. The lowest BCUT2D eigenvalue weighted by molar-refractivity contribution is 0.414. The molecular formula is C25H25NO2. The molecule has 0 bridgehead atoms. The zero-order valence-electron chi connectivity index (χ0n) is 16.1. The van der Waals surface area contributed by atoms with Crippen LogP contribution in [0.5, 0.6) is 0 Å². The molecule has 5 rings (SSSR count). The monoisotopic (exact) mass is 371 g/mol. The highest BCUT2D eigenvalue weighted by Gasteiger charge is 2.31. The molecule has 0 radical (unpaired) electrons. The van der Waals surface area contributed by atoms with Crippen molar-refractivity contribution in [2.24, 2.45) is 0 Å². The van der Waals surface area contributed by atoms with E-state index in [0.717, 1.165) is 54.9 Å². The Balaban J connectivity index is 1.67. The first kappa shape index (κ1) is 17.3. The number of hydrogen-bond donors (Lipinski definition) is 0. The molecule has 0 amide bonds. The quantitative estimate of drug-likeness (QED) is 0.636. The van der Waals surface area contributed by atoms with Crippen LogP contribution in [0.2, 0.25) is 0 Å². The second kappa shape index (κ2) is 7.31. The van der Waals surface area contributed by atoms with E-state index in [9.17, 15) is 4.79 Å². The van der Waals surface area contributed by atoms with Crippen molar-refractivity contribution >= 4 is 5.69 Å². The molecule has 3 nitrogen and oxygen atoms in total. The van der Waals surface area contributed by atoms with Gasteiger partial charge in [0.2, 0.25) is 0 Å². The first-order valence-corrected chi connectivity index (χ1v) is 10.4. The van der Waals surface area contributed by atoms with Crippen molar-refractivity contribution in [3.8, 4) is 11.1 Å². The normalized spacial score (nSPS) is 18.9. The lowest BCUT2D eigenvalue weighted by Crippen LogP contribution is -2.27. The average molecular weight is 371 g/mol. The minimum Gasteiger partial charge on any atom is -0.427 e. The van der Waals surface area contributed by atoms with Gasteiger partial charge in [-0.1, -0.05) is 60.7 Å². The van der Waals surface area contributed by atoms with Gasteiger partial charge in [0.15, 0.2) is 0 Å². The third-order valence-electron chi connectivity index (χ3n) is 6.21. The van der Waals surface area contributed by atoms with Crippen LogP contribution in [0.4, 0.5) is 5.69 Å². The Kier molecular flexibility index (Phi) is 4.52. The first-order chi connectivity index (χ1) is 13.8. The fourth-order valence-corrected chi connectivity index (χ4v) is 4.83. The van der Waals surface area contributed by atoms with Gasteiger partial charge in [-0.3, -0.25) is 0 Å². The molecule has 2 heterocycles. The second-order valence-electron chi connectivity index (χ2n) is 7.93. The van der Waals surface area contributed by atoms with Gasteiger partial charge in [0, 0.05) is 25.1 Å². The lowest BCUT2D eigenvalue weighted by atomic mass is 9.81. The van der Waals surface area contributed by atoms with Crippen LogP contribution in [-0.4, -0.2) is 13.1 Å². The number of aryl methyl sites for hydroxylation is 1. The van der Waals surface area contributed by atoms with Gasteiger partial charge in [-0.25, -0.2) is 4.79 Å². The number of benzene rings is 2. The smallest absolute Gasteiger partial charge is 0.345 e. The molecule has 1 fully saturated rings. The molecule has 0 N–H and O–H groups in total. The minimum absolute atomic E-state index is 0.190. The highest BCUT2D eigenvalue weighted by molar-refractivity contribution is 5.81. The topological polar surface area (TPSA) is 33.5 Å². The summed E-state index contributed by atoms with van der Waals surface area (Å²) in [6, 6.07) is 20.8. The van der Waals surface area contributed by atoms with E-state index in [1.165, 1.54) is 24.0 Å². The lowest BCUT2D eigenvalue weighted by Gasteiger charge is -2.30. The van der Waals surface area contributed by atoms with Gasteiger partial charge in [-0.15, -0.1) is 0 Å². The summed E-state index contributed by atoms with van der Waals surface area (Å²) in [5, 5.41) is 0. The van der Waals surface area contributed by atoms with Crippen molar-refractivity contribution < 1.29 is 4.42 Å². The fraction of sp³-hybridized carbons (Fsp3) is 0.320. The molecule has 0 saturated carbocycles. The predicted molar refractivity (Wildman–Crippen MR) is 113 cm³/mol. The average Bonchev–Trinajstić information content (AvgIpc) is 3.28. The zero-order chi connectivity index (χ0) is 18.9. The SMILES string of the molecule is O=c1oc2c(c(N3CCCC3)c1-c1ccccc1)CC(c1ccccc1)CC2. The Bertz CT molecular complexity index is 1020. The molecule has 3 aromatic rings. The predicted octanol–water partition coefficient (Wildman–Crippen LogP) is 5.18. The maximum absolute atomic E-state index is 13.0. The van der Waals surface area contributed by atoms with Crippen molar-refractivity contribution in [1.82, 2.24) is 0 Å². The summed E-state index contributed by atoms with van der Waals surface area (Å²) in [6.07, 6.45) is 5.18. The van der Waals surface area contributed by atoms with E-state index >= 15 is 0 Å². The summed E-state index contributed by atoms with van der Waals surface area (Å²) in [7, 11) is 0. The van der Waals surface area contributed by atoms with Crippen molar-refractivity contribution in [3.05, 3.63) is 88.0 Å². The molecule has 2 aliphatic rings. The van der Waals surface area contributed by atoms with Crippen LogP contribution in [-0.2, 0) is 12.8 Å². The maximum Gasteiger partial charge on any atom is 0.345 e. The Hall–Kier alpha value is -2.81. The Morgan fingerprint density at radius 3 is 2.29 bits per heavy atom. The number of fused-ring (bicyclic) bond motifs is 1. The van der Waals surface area contributed by atoms with Gasteiger partial charge < -0.3 is 9.32 Å². The first-order valence-electron chi connectivity index (χ1n) is 10.4. The summed E-state index contributed by atoms with van der Waals surface area (Å²) in [6.45, 7) is 2.04. The molecule has 142 valence electrons. The highest BCUT2D eigenvalue weighted by Crippen LogP contribution is 2.41. The fourth-order valence-electron chi connectivity index (χ4n) is 4.83. The number of anilines is 1. The van der Waals surface area contributed by atoms with Crippen molar-refractivity contribution in [1.29, 1.82) is 0 Å². The van der Waals surface area contributed by atoms with Crippen LogP contribution in [0, 0.1) is 0 Å². The van der Waals surface area contributed by atoms with Crippen molar-refractivity contribution in [3.63, 3.8) is 0 Å². The molecule has 1 aliphatic heterocycles. The van der Waals surface area contributed by atoms with E-state index in [4.69, 9.17) is 4.42 Å². The van der Waals surface area contributed by atoms with Crippen LogP contribution in [0.25, 0.3) is 11.1 Å². The van der Waals surface area contributed by atoms with E-state index < -0.39 is 0 Å². The molecule has 1 aliphatic carbocycles. The molecule has 28 heavy (non-hydrogen) atoms. The van der Waals surface area contributed by atoms with Crippen molar-refractivity contribution in [2.45, 2.75) is 38.0 Å². The van der Waals surface area contributed by atoms with E-state index in [-0.39, 0.29) is 5.63 Å². The van der Waals surface area contributed by atoms with E-state index in [2.05, 4.69) is 35.2 Å². The van der Waals surface area contributed by atoms with Gasteiger partial charge >= 0.3 is 5.63 Å². The Morgan fingerprint density at radius 1 is 0.893 bits per heavy atom. The second-order valence-corrected chi connectivity index (χ2v) is 7.93. The molecular weight excluding hydrogens is 346 g/mol. The standard InChI is InChI=1S/C25H25NO2/c27-25-23(19-11-5-2-6-12-19)24(26-15-7-8-16-26)21-17-20(13-14-22(21)28-25)18-9-3-1-4-10-18/h1-6,9-12,20H,7-8,13-17H2. The molecule has 1 saturated heterocycles. The molecule has 0 spiro atoms. The summed E-state index contributed by atoms with van der Waals surface area (Å²) in [5.74, 6) is 1.38. The molecule has 1 unspecified atom stereocenters. The van der Waals surface area contributed by atoms with Gasteiger partial charge in [-0.2, -0.15) is 0 Å². The third-order valence-corrected chi connectivity index (χ3v) is 6.21. The summed E-state index contributed by atoms with van der Waals surface area (Å²) >= 11 is 0. The van der Waals surface area contributed by atoms with Crippen molar-refractivity contribution in [2.75, 3.05) is 18.0 Å². The highest BCUT2D eigenvalue weighted by atomic mass is 16.4. The minimum atomic E-state index is -0.190. The third kappa shape index (κ3) is 3.05. The van der Waals surface area contributed by atoms with E-state index in [0.29, 0.717) is 5.92 Å². The molecule has 1 aromatic heterocycles. The van der Waals surface area contributed by atoms with Gasteiger partial charge in [-0.05, 0) is 42.7 Å². The van der Waals surface area contributed by atoms with Crippen LogP contribution < -0.4 is 10.5 Å². The largest absolute Gasteiger partial charge is 0.427 e. The van der Waals surface area contributed by atoms with Crippen LogP contribution in [0.3, 0.4) is 0 Å².